The van der Waals surface area contributed by atoms with Crippen LogP contribution in [0.2, 0.25) is 0 Å². The number of nitrogens with zero attached hydrogens (tertiary/aromatic N) is 4. The van der Waals surface area contributed by atoms with Gasteiger partial charge in [0.2, 0.25) is 0 Å². The fraction of sp³-hybridized carbons (Fsp3) is 0.143. The Bertz CT molecular complexity index is 807. The normalized spacial score (nSPS) is 11.5. The maximum atomic E-state index is 5.80. The molecule has 0 saturated carbocycles. The van der Waals surface area contributed by atoms with E-state index in [0.717, 1.165) is 29.1 Å². The van der Waals surface area contributed by atoms with Crippen molar-refractivity contribution >= 4 is 49.8 Å². The number of benzene rings is 1. The highest BCUT2D eigenvalue weighted by atomic mass is 79.9. The van der Waals surface area contributed by atoms with Crippen molar-refractivity contribution in [3.05, 3.63) is 52.9 Å². The number of halogens is 1. The fourth-order valence-corrected chi connectivity index (χ4v) is 3.26. The molecule has 0 radical (unpaired) electrons. The number of rotatable bonds is 5. The summed E-state index contributed by atoms with van der Waals surface area (Å²) in [4.78, 5) is 8.55. The molecule has 112 valence electrons. The molecule has 5 nitrogen and oxygen atoms in total. The Hall–Kier alpha value is -1.19. The van der Waals surface area contributed by atoms with Gasteiger partial charge in [-0.2, -0.15) is 0 Å². The van der Waals surface area contributed by atoms with Crippen LogP contribution in [0.4, 0.5) is 5.82 Å². The number of hydrogen-bond donors (Lipinski definition) is 0. The van der Waals surface area contributed by atoms with Crippen LogP contribution >= 0.6 is 32.9 Å². The summed E-state index contributed by atoms with van der Waals surface area (Å²) in [5.41, 5.74) is 2.85. The van der Waals surface area contributed by atoms with Crippen LogP contribution in [0.1, 0.15) is 5.56 Å². The predicted molar refractivity (Wildman–Crippen MR) is 95.2 cm³/mol. The van der Waals surface area contributed by atoms with Crippen LogP contribution in [0.15, 0.2) is 52.1 Å². The van der Waals surface area contributed by atoms with Gasteiger partial charge in [0, 0.05) is 14.3 Å². The Balaban J connectivity index is 1.84. The zero-order chi connectivity index (χ0) is 15.4. The number of ether oxygens (including phenoxy) is 1. The minimum atomic E-state index is 0.417. The first-order chi connectivity index (χ1) is 10.8. The molecule has 2 aromatic heterocycles. The molecule has 0 aliphatic rings. The summed E-state index contributed by atoms with van der Waals surface area (Å²) in [5, 5.41) is 0. The molecule has 8 heteroatoms. The lowest BCUT2D eigenvalue weighted by Crippen LogP contribution is -2.02. The minimum absolute atomic E-state index is 0.417. The standard InChI is InChI=1S/C14H13BrN4OP2/c15-11-6-19(9-20-7-10-4-2-1-3-5-10)13-12(11)16-8-17-14(13)18-22-21/h1-6,8H,7,9,21H2. The topological polar surface area (TPSA) is 52.3 Å². The van der Waals surface area contributed by atoms with E-state index in [9.17, 15) is 0 Å². The van der Waals surface area contributed by atoms with Gasteiger partial charge in [-0.25, -0.2) is 14.7 Å². The van der Waals surface area contributed by atoms with Crippen molar-refractivity contribution in [2.75, 3.05) is 0 Å². The third kappa shape index (κ3) is 3.41. The lowest BCUT2D eigenvalue weighted by Gasteiger charge is -2.07. The summed E-state index contributed by atoms with van der Waals surface area (Å²) < 4.78 is 13.0. The van der Waals surface area contributed by atoms with Gasteiger partial charge >= 0.3 is 0 Å². The molecule has 0 amide bonds. The van der Waals surface area contributed by atoms with Crippen molar-refractivity contribution in [2.24, 2.45) is 4.74 Å². The largest absolute Gasteiger partial charge is 0.356 e. The Morgan fingerprint density at radius 1 is 1.27 bits per heavy atom. The molecule has 0 N–H and O–H groups in total. The molecule has 0 fully saturated rings. The Morgan fingerprint density at radius 2 is 2.09 bits per heavy atom. The molecule has 1 atom stereocenters. The maximum Gasteiger partial charge on any atom is 0.184 e. The fourth-order valence-electron chi connectivity index (χ4n) is 2.14. The Labute approximate surface area is 140 Å². The van der Waals surface area contributed by atoms with Gasteiger partial charge < -0.3 is 9.30 Å². The first-order valence-electron chi connectivity index (χ1n) is 6.51. The molecule has 0 saturated heterocycles. The SMILES string of the molecule is PP=Nc1ncnc2c(Br)cn(COCc3ccccc3)c12. The van der Waals surface area contributed by atoms with Gasteiger partial charge in [-0.3, -0.25) is 0 Å². The van der Waals surface area contributed by atoms with Gasteiger partial charge in [-0.05, 0) is 21.5 Å². The van der Waals surface area contributed by atoms with Crippen LogP contribution in [0.25, 0.3) is 11.0 Å². The van der Waals surface area contributed by atoms with E-state index in [1.54, 1.807) is 0 Å². The summed E-state index contributed by atoms with van der Waals surface area (Å²) in [6, 6.07) is 10.1. The van der Waals surface area contributed by atoms with Crippen LogP contribution in [0.3, 0.4) is 0 Å². The first kappa shape index (κ1) is 15.7. The average Bonchev–Trinajstić information content (AvgIpc) is 2.86. The van der Waals surface area contributed by atoms with E-state index >= 15 is 0 Å². The molecule has 22 heavy (non-hydrogen) atoms. The first-order valence-corrected chi connectivity index (χ1v) is 9.77. The molecular weight excluding hydrogens is 382 g/mol. The van der Waals surface area contributed by atoms with E-state index in [1.165, 1.54) is 6.33 Å². The maximum absolute atomic E-state index is 5.80. The van der Waals surface area contributed by atoms with E-state index in [2.05, 4.69) is 39.6 Å². The molecule has 1 aromatic carbocycles. The molecule has 0 aliphatic heterocycles. The van der Waals surface area contributed by atoms with Gasteiger partial charge in [0.25, 0.3) is 0 Å². The number of fused-ring (bicyclic) bond motifs is 1. The molecule has 1 unspecified atom stereocenters. The quantitative estimate of drug-likeness (QED) is 0.577. The van der Waals surface area contributed by atoms with Crippen LogP contribution in [-0.4, -0.2) is 14.5 Å². The third-order valence-corrected chi connectivity index (χ3v) is 4.31. The van der Waals surface area contributed by atoms with Crippen molar-refractivity contribution < 1.29 is 4.74 Å². The molecule has 2 heterocycles. The number of hydrogen-bond acceptors (Lipinski definition) is 4. The lowest BCUT2D eigenvalue weighted by atomic mass is 10.2. The van der Waals surface area contributed by atoms with Crippen molar-refractivity contribution in [1.82, 2.24) is 14.5 Å². The third-order valence-electron chi connectivity index (χ3n) is 3.08. The van der Waals surface area contributed by atoms with Crippen LogP contribution in [0.5, 0.6) is 0 Å². The molecule has 0 aliphatic carbocycles. The highest BCUT2D eigenvalue weighted by molar-refractivity contribution is 9.10. The zero-order valence-electron chi connectivity index (χ0n) is 11.6. The summed E-state index contributed by atoms with van der Waals surface area (Å²) in [6.07, 6.45) is 3.47. The second-order valence-electron chi connectivity index (χ2n) is 4.52. The van der Waals surface area contributed by atoms with Crippen molar-refractivity contribution in [2.45, 2.75) is 13.3 Å². The van der Waals surface area contributed by atoms with E-state index < -0.39 is 0 Å². The van der Waals surface area contributed by atoms with Crippen molar-refractivity contribution in [1.29, 1.82) is 0 Å². The molecule has 3 rings (SSSR count). The van der Waals surface area contributed by atoms with E-state index in [4.69, 9.17) is 4.74 Å². The summed E-state index contributed by atoms with van der Waals surface area (Å²) in [5.74, 6) is 0.663. The summed E-state index contributed by atoms with van der Waals surface area (Å²) >= 11 is 3.52. The molecule has 0 spiro atoms. The van der Waals surface area contributed by atoms with Gasteiger partial charge in [0.1, 0.15) is 24.1 Å². The smallest absolute Gasteiger partial charge is 0.184 e. The van der Waals surface area contributed by atoms with Gasteiger partial charge in [0.05, 0.1) is 11.1 Å². The van der Waals surface area contributed by atoms with Crippen LogP contribution in [-0.2, 0) is 18.1 Å². The average molecular weight is 395 g/mol. The Kier molecular flexibility index (Phi) is 5.27. The predicted octanol–water partition coefficient (Wildman–Crippen LogP) is 4.92. The number of aromatic nitrogens is 3. The van der Waals surface area contributed by atoms with Gasteiger partial charge in [0.15, 0.2) is 5.82 Å². The Morgan fingerprint density at radius 3 is 2.86 bits per heavy atom. The van der Waals surface area contributed by atoms with E-state index in [-0.39, 0.29) is 0 Å². The van der Waals surface area contributed by atoms with Crippen LogP contribution < -0.4 is 0 Å². The highest BCUT2D eigenvalue weighted by Gasteiger charge is 2.12. The zero-order valence-corrected chi connectivity index (χ0v) is 15.2. The second-order valence-corrected chi connectivity index (χ2v) is 6.50. The lowest BCUT2D eigenvalue weighted by molar-refractivity contribution is 0.0667. The molecule has 0 bridgehead atoms. The molecule has 3 aromatic rings. The van der Waals surface area contributed by atoms with E-state index in [1.807, 2.05) is 41.1 Å². The minimum Gasteiger partial charge on any atom is -0.356 e. The van der Waals surface area contributed by atoms with Gasteiger partial charge in [-0.15, -0.1) is 0 Å². The molecular formula is C14H13BrN4OP2. The summed E-state index contributed by atoms with van der Waals surface area (Å²) in [6.45, 7) is 0.973. The van der Waals surface area contributed by atoms with Gasteiger partial charge in [-0.1, -0.05) is 39.3 Å². The second kappa shape index (κ2) is 7.38. The summed E-state index contributed by atoms with van der Waals surface area (Å²) in [7, 11) is 3.37. The van der Waals surface area contributed by atoms with Crippen molar-refractivity contribution in [3.63, 3.8) is 0 Å². The van der Waals surface area contributed by atoms with Crippen LogP contribution in [0, 0.1) is 0 Å². The van der Waals surface area contributed by atoms with Crippen molar-refractivity contribution in [3.8, 4) is 0 Å². The monoisotopic (exact) mass is 394 g/mol. The van der Waals surface area contributed by atoms with E-state index in [0.29, 0.717) is 19.2 Å². The highest BCUT2D eigenvalue weighted by Crippen LogP contribution is 2.32.